The zero-order valence-corrected chi connectivity index (χ0v) is 10.8. The van der Waals surface area contributed by atoms with E-state index in [9.17, 15) is 9.59 Å². The van der Waals surface area contributed by atoms with Crippen molar-refractivity contribution in [2.45, 2.75) is 40.0 Å². The first-order valence-corrected chi connectivity index (χ1v) is 6.28. The summed E-state index contributed by atoms with van der Waals surface area (Å²) in [5, 5.41) is 8.89. The third-order valence-electron chi connectivity index (χ3n) is 4.47. The maximum Gasteiger partial charge on any atom is 0.407 e. The predicted molar refractivity (Wildman–Crippen MR) is 63.8 cm³/mol. The molecule has 0 bridgehead atoms. The Kier molecular flexibility index (Phi) is 2.71. The van der Waals surface area contributed by atoms with Gasteiger partial charge in [-0.05, 0) is 24.7 Å². The summed E-state index contributed by atoms with van der Waals surface area (Å²) in [5.41, 5.74) is -0.143. The van der Waals surface area contributed by atoms with E-state index in [-0.39, 0.29) is 16.7 Å². The van der Waals surface area contributed by atoms with Gasteiger partial charge in [0.1, 0.15) is 5.78 Å². The Balaban J connectivity index is 1.98. The molecule has 0 radical (unpaired) electrons. The number of ketones is 1. The molecule has 0 aromatic heterocycles. The van der Waals surface area contributed by atoms with Gasteiger partial charge in [0.05, 0.1) is 0 Å². The third kappa shape index (κ3) is 1.94. The molecule has 2 fully saturated rings. The molecule has 4 heteroatoms. The van der Waals surface area contributed by atoms with Gasteiger partial charge in [-0.15, -0.1) is 0 Å². The molecule has 1 spiro atoms. The highest BCUT2D eigenvalue weighted by atomic mass is 16.4. The average molecular weight is 239 g/mol. The van der Waals surface area contributed by atoms with Gasteiger partial charge >= 0.3 is 6.09 Å². The van der Waals surface area contributed by atoms with Crippen molar-refractivity contribution in [2.75, 3.05) is 13.1 Å². The maximum atomic E-state index is 12.3. The highest BCUT2D eigenvalue weighted by Gasteiger charge is 2.57. The Labute approximate surface area is 102 Å². The van der Waals surface area contributed by atoms with Crippen LogP contribution in [0.25, 0.3) is 0 Å². The van der Waals surface area contributed by atoms with Crippen molar-refractivity contribution >= 4 is 11.9 Å². The van der Waals surface area contributed by atoms with E-state index in [2.05, 4.69) is 20.8 Å². The largest absolute Gasteiger partial charge is 0.465 e. The smallest absolute Gasteiger partial charge is 0.407 e. The Morgan fingerprint density at radius 1 is 1.35 bits per heavy atom. The molecule has 0 aromatic carbocycles. The van der Waals surface area contributed by atoms with E-state index in [1.807, 2.05) is 0 Å². The van der Waals surface area contributed by atoms with E-state index in [4.69, 9.17) is 5.11 Å². The molecule has 1 amide bonds. The van der Waals surface area contributed by atoms with E-state index in [1.165, 1.54) is 4.90 Å². The second-order valence-electron chi connectivity index (χ2n) is 6.54. The Morgan fingerprint density at radius 3 is 2.24 bits per heavy atom. The Bertz CT molecular complexity index is 348. The number of carboxylic acid groups (broad SMARTS) is 1. The lowest BCUT2D eigenvalue weighted by molar-refractivity contribution is -0.157. The SMILES string of the molecule is CC(C)(C)C1CC2(CCN(C(=O)O)CC2)C1=O. The summed E-state index contributed by atoms with van der Waals surface area (Å²) >= 11 is 0. The van der Waals surface area contributed by atoms with Crippen LogP contribution in [0.15, 0.2) is 0 Å². The summed E-state index contributed by atoms with van der Waals surface area (Å²) in [6, 6.07) is 0. The number of carbonyl (C=O) groups is 2. The minimum Gasteiger partial charge on any atom is -0.465 e. The molecule has 1 atom stereocenters. The third-order valence-corrected chi connectivity index (χ3v) is 4.47. The minimum atomic E-state index is -0.862. The quantitative estimate of drug-likeness (QED) is 0.706. The molecule has 96 valence electrons. The highest BCUT2D eigenvalue weighted by Crippen LogP contribution is 2.54. The van der Waals surface area contributed by atoms with Crippen LogP contribution in [0.1, 0.15) is 40.0 Å². The van der Waals surface area contributed by atoms with Gasteiger partial charge in [0, 0.05) is 24.4 Å². The summed E-state index contributed by atoms with van der Waals surface area (Å²) < 4.78 is 0. The first kappa shape index (κ1) is 12.4. The molecular weight excluding hydrogens is 218 g/mol. The highest BCUT2D eigenvalue weighted by molar-refractivity contribution is 5.93. The number of piperidine rings is 1. The zero-order valence-electron chi connectivity index (χ0n) is 10.8. The van der Waals surface area contributed by atoms with Crippen LogP contribution in [-0.2, 0) is 4.79 Å². The van der Waals surface area contributed by atoms with Gasteiger partial charge in [-0.2, -0.15) is 0 Å². The molecule has 2 rings (SSSR count). The number of hydrogen-bond donors (Lipinski definition) is 1. The summed E-state index contributed by atoms with van der Waals surface area (Å²) in [7, 11) is 0. The van der Waals surface area contributed by atoms with Crippen molar-refractivity contribution in [1.82, 2.24) is 4.90 Å². The second-order valence-corrected chi connectivity index (χ2v) is 6.54. The number of Topliss-reactive ketones (excluding diaryl/α,β-unsaturated/α-hetero) is 1. The van der Waals surface area contributed by atoms with Crippen molar-refractivity contribution < 1.29 is 14.7 Å². The van der Waals surface area contributed by atoms with Crippen LogP contribution in [0.5, 0.6) is 0 Å². The van der Waals surface area contributed by atoms with Crippen LogP contribution in [-0.4, -0.2) is 35.0 Å². The van der Waals surface area contributed by atoms with Crippen molar-refractivity contribution in [1.29, 1.82) is 0 Å². The van der Waals surface area contributed by atoms with Gasteiger partial charge in [-0.3, -0.25) is 4.79 Å². The number of carbonyl (C=O) groups excluding carboxylic acids is 1. The zero-order chi connectivity index (χ0) is 12.8. The number of rotatable bonds is 0. The van der Waals surface area contributed by atoms with E-state index in [0.29, 0.717) is 31.7 Å². The van der Waals surface area contributed by atoms with E-state index >= 15 is 0 Å². The van der Waals surface area contributed by atoms with Crippen molar-refractivity contribution in [3.63, 3.8) is 0 Å². The lowest BCUT2D eigenvalue weighted by Gasteiger charge is -2.53. The number of amides is 1. The lowest BCUT2D eigenvalue weighted by atomic mass is 9.51. The monoisotopic (exact) mass is 239 g/mol. The predicted octanol–water partition coefficient (Wildman–Crippen LogP) is 2.38. The molecule has 1 saturated heterocycles. The molecule has 1 saturated carbocycles. The number of likely N-dealkylation sites (tertiary alicyclic amines) is 1. The standard InChI is InChI=1S/C13H21NO3/c1-12(2,3)9-8-13(10(9)15)4-6-14(7-5-13)11(16)17/h9H,4-8H2,1-3H3,(H,16,17). The van der Waals surface area contributed by atoms with Crippen LogP contribution in [0.2, 0.25) is 0 Å². The van der Waals surface area contributed by atoms with Crippen LogP contribution in [0.3, 0.4) is 0 Å². The Hall–Kier alpha value is -1.06. The summed E-state index contributed by atoms with van der Waals surface area (Å²) in [6.45, 7) is 7.34. The molecular formula is C13H21NO3. The van der Waals surface area contributed by atoms with Crippen LogP contribution in [0, 0.1) is 16.7 Å². The average Bonchev–Trinajstić information content (AvgIpc) is 2.24. The van der Waals surface area contributed by atoms with E-state index < -0.39 is 6.09 Å². The van der Waals surface area contributed by atoms with Gasteiger partial charge in [0.25, 0.3) is 0 Å². The minimum absolute atomic E-state index is 0.0479. The van der Waals surface area contributed by atoms with Gasteiger partial charge in [-0.25, -0.2) is 4.79 Å². The fraction of sp³-hybridized carbons (Fsp3) is 0.846. The molecule has 1 heterocycles. The van der Waals surface area contributed by atoms with Crippen LogP contribution < -0.4 is 0 Å². The first-order valence-electron chi connectivity index (χ1n) is 6.28. The molecule has 2 aliphatic rings. The normalized spacial score (nSPS) is 28.1. The van der Waals surface area contributed by atoms with Crippen molar-refractivity contribution in [2.24, 2.45) is 16.7 Å². The second kappa shape index (κ2) is 3.72. The molecule has 1 aliphatic carbocycles. The van der Waals surface area contributed by atoms with Gasteiger partial charge in [0.2, 0.25) is 0 Å². The van der Waals surface area contributed by atoms with Gasteiger partial charge < -0.3 is 10.0 Å². The summed E-state index contributed by atoms with van der Waals surface area (Å²) in [4.78, 5) is 24.5. The molecule has 0 aromatic rings. The molecule has 17 heavy (non-hydrogen) atoms. The lowest BCUT2D eigenvalue weighted by Crippen LogP contribution is -2.58. The maximum absolute atomic E-state index is 12.3. The van der Waals surface area contributed by atoms with Crippen LogP contribution in [0.4, 0.5) is 4.79 Å². The number of nitrogens with zero attached hydrogens (tertiary/aromatic N) is 1. The Morgan fingerprint density at radius 2 is 1.88 bits per heavy atom. The number of hydrogen-bond acceptors (Lipinski definition) is 2. The topological polar surface area (TPSA) is 57.6 Å². The molecule has 1 N–H and O–H groups in total. The fourth-order valence-electron chi connectivity index (χ4n) is 3.10. The molecule has 1 unspecified atom stereocenters. The molecule has 1 aliphatic heterocycles. The van der Waals surface area contributed by atoms with Gasteiger partial charge in [0.15, 0.2) is 0 Å². The van der Waals surface area contributed by atoms with Crippen molar-refractivity contribution in [3.8, 4) is 0 Å². The van der Waals surface area contributed by atoms with E-state index in [0.717, 1.165) is 6.42 Å². The van der Waals surface area contributed by atoms with E-state index in [1.54, 1.807) is 0 Å². The molecule has 4 nitrogen and oxygen atoms in total. The summed E-state index contributed by atoms with van der Waals surface area (Å²) in [6.07, 6.45) is 1.51. The fourth-order valence-corrected chi connectivity index (χ4v) is 3.10. The van der Waals surface area contributed by atoms with Crippen molar-refractivity contribution in [3.05, 3.63) is 0 Å². The van der Waals surface area contributed by atoms with Gasteiger partial charge in [-0.1, -0.05) is 20.8 Å². The van der Waals surface area contributed by atoms with Crippen LogP contribution >= 0.6 is 0 Å². The first-order chi connectivity index (χ1) is 7.76. The summed E-state index contributed by atoms with van der Waals surface area (Å²) in [5.74, 6) is 0.536.